The Bertz CT molecular complexity index is 422. The van der Waals surface area contributed by atoms with Crippen LogP contribution in [0, 0.1) is 28.1 Å². The average Bonchev–Trinajstić information content (AvgIpc) is 2.37. The smallest absolute Gasteiger partial charge is 0.150 e. The highest BCUT2D eigenvalue weighted by Crippen LogP contribution is 2.43. The summed E-state index contributed by atoms with van der Waals surface area (Å²) in [6, 6.07) is 14.1. The first kappa shape index (κ1) is 12.3. The molecule has 2 heteroatoms. The van der Waals surface area contributed by atoms with Gasteiger partial charge in [-0.3, -0.25) is 0 Å². The minimum Gasteiger partial charge on any atom is -0.197 e. The van der Waals surface area contributed by atoms with Gasteiger partial charge in [-0.05, 0) is 18.9 Å². The van der Waals surface area contributed by atoms with Crippen molar-refractivity contribution in [2.75, 3.05) is 0 Å². The minimum atomic E-state index is -0.997. The lowest BCUT2D eigenvalue weighted by molar-refractivity contribution is 0.288. The minimum absolute atomic E-state index is 0.433. The fourth-order valence-electron chi connectivity index (χ4n) is 1.92. The van der Waals surface area contributed by atoms with Crippen molar-refractivity contribution in [2.24, 2.45) is 5.41 Å². The fourth-order valence-corrected chi connectivity index (χ4v) is 1.92. The number of benzene rings is 1. The lowest BCUT2D eigenvalue weighted by Gasteiger charge is -2.37. The number of nitriles is 2. The summed E-state index contributed by atoms with van der Waals surface area (Å²) in [5, 5.41) is 18.5. The molecule has 0 N–H and O–H groups in total. The Balaban J connectivity index is 3.36. The molecule has 0 aromatic heterocycles. The molecule has 0 unspecified atom stereocenters. The van der Waals surface area contributed by atoms with Crippen molar-refractivity contribution in [3.05, 3.63) is 35.9 Å². The van der Waals surface area contributed by atoms with Crippen LogP contribution in [-0.2, 0) is 5.41 Å². The molecule has 0 saturated heterocycles. The van der Waals surface area contributed by atoms with Crippen LogP contribution in [0.5, 0.6) is 0 Å². The van der Waals surface area contributed by atoms with E-state index in [9.17, 15) is 10.5 Å². The molecular formula is C14H16N2. The maximum atomic E-state index is 9.24. The van der Waals surface area contributed by atoms with Gasteiger partial charge >= 0.3 is 0 Å². The van der Waals surface area contributed by atoms with Gasteiger partial charge in [-0.25, -0.2) is 0 Å². The van der Waals surface area contributed by atoms with Crippen molar-refractivity contribution in [3.63, 3.8) is 0 Å². The Kier molecular flexibility index (Phi) is 3.35. The monoisotopic (exact) mass is 212 g/mol. The summed E-state index contributed by atoms with van der Waals surface area (Å²) in [6.07, 6.45) is 0.759. The maximum Gasteiger partial charge on any atom is 0.150 e. The lowest BCUT2D eigenvalue weighted by atomic mass is 9.62. The molecule has 0 aliphatic carbocycles. The van der Waals surface area contributed by atoms with Gasteiger partial charge < -0.3 is 0 Å². The zero-order valence-electron chi connectivity index (χ0n) is 9.99. The van der Waals surface area contributed by atoms with Gasteiger partial charge in [-0.15, -0.1) is 0 Å². The van der Waals surface area contributed by atoms with Crippen LogP contribution < -0.4 is 0 Å². The molecule has 0 saturated carbocycles. The van der Waals surface area contributed by atoms with Crippen molar-refractivity contribution in [2.45, 2.75) is 32.6 Å². The molecule has 0 radical (unpaired) electrons. The molecule has 16 heavy (non-hydrogen) atoms. The first-order valence-corrected chi connectivity index (χ1v) is 5.42. The van der Waals surface area contributed by atoms with Gasteiger partial charge in [0.2, 0.25) is 0 Å². The third-order valence-corrected chi connectivity index (χ3v) is 3.67. The standard InChI is InChI=1S/C14H16N2/c1-4-14(3,13(2,10-15)11-16)12-8-6-5-7-9-12/h5-9H,4H2,1-3H3/t14-/m0/s1. The quantitative estimate of drug-likeness (QED) is 0.770. The van der Waals surface area contributed by atoms with Crippen LogP contribution >= 0.6 is 0 Å². The van der Waals surface area contributed by atoms with E-state index in [0.717, 1.165) is 12.0 Å². The van der Waals surface area contributed by atoms with E-state index in [1.807, 2.05) is 44.2 Å². The second-order valence-corrected chi connectivity index (χ2v) is 4.40. The Labute approximate surface area is 97.1 Å². The SMILES string of the molecule is CC[C@@](C)(c1ccccc1)C(C)(C#N)C#N. The van der Waals surface area contributed by atoms with Crippen molar-refractivity contribution < 1.29 is 0 Å². The van der Waals surface area contributed by atoms with Gasteiger partial charge in [0.15, 0.2) is 0 Å². The Hall–Kier alpha value is -1.80. The molecular weight excluding hydrogens is 196 g/mol. The van der Waals surface area contributed by atoms with Crippen LogP contribution in [0.4, 0.5) is 0 Å². The Morgan fingerprint density at radius 3 is 1.94 bits per heavy atom. The molecule has 0 heterocycles. The van der Waals surface area contributed by atoms with Gasteiger partial charge in [0, 0.05) is 5.41 Å². The van der Waals surface area contributed by atoms with Gasteiger partial charge in [-0.2, -0.15) is 10.5 Å². The van der Waals surface area contributed by atoms with Crippen LogP contribution in [-0.4, -0.2) is 0 Å². The van der Waals surface area contributed by atoms with Gasteiger partial charge in [0.25, 0.3) is 0 Å². The summed E-state index contributed by atoms with van der Waals surface area (Å²) in [5.41, 5.74) is -0.385. The van der Waals surface area contributed by atoms with Gasteiger partial charge in [0.05, 0.1) is 12.1 Å². The number of nitrogens with zero attached hydrogens (tertiary/aromatic N) is 2. The molecule has 1 aromatic carbocycles. The largest absolute Gasteiger partial charge is 0.197 e. The van der Waals surface area contributed by atoms with Crippen LogP contribution in [0.3, 0.4) is 0 Å². The van der Waals surface area contributed by atoms with E-state index in [1.165, 1.54) is 0 Å². The average molecular weight is 212 g/mol. The van der Waals surface area contributed by atoms with Crippen LogP contribution in [0.2, 0.25) is 0 Å². The molecule has 0 amide bonds. The van der Waals surface area contributed by atoms with Crippen LogP contribution in [0.25, 0.3) is 0 Å². The molecule has 82 valence electrons. The predicted octanol–water partition coefficient (Wildman–Crippen LogP) is 3.41. The van der Waals surface area contributed by atoms with Crippen molar-refractivity contribution >= 4 is 0 Å². The lowest BCUT2D eigenvalue weighted by Crippen LogP contribution is -2.39. The molecule has 1 atom stereocenters. The topological polar surface area (TPSA) is 47.6 Å². The highest BCUT2D eigenvalue weighted by molar-refractivity contribution is 5.35. The first-order chi connectivity index (χ1) is 7.54. The van der Waals surface area contributed by atoms with Crippen molar-refractivity contribution in [3.8, 4) is 12.1 Å². The molecule has 1 rings (SSSR count). The second-order valence-electron chi connectivity index (χ2n) is 4.40. The van der Waals surface area contributed by atoms with Gasteiger partial charge in [-0.1, -0.05) is 44.2 Å². The van der Waals surface area contributed by atoms with Crippen LogP contribution in [0.1, 0.15) is 32.8 Å². The molecule has 0 fully saturated rings. The van der Waals surface area contributed by atoms with E-state index in [1.54, 1.807) is 6.92 Å². The fraction of sp³-hybridized carbons (Fsp3) is 0.429. The first-order valence-electron chi connectivity index (χ1n) is 5.42. The molecule has 0 bridgehead atoms. The van der Waals surface area contributed by atoms with Crippen molar-refractivity contribution in [1.29, 1.82) is 10.5 Å². The summed E-state index contributed by atoms with van der Waals surface area (Å²) in [6.45, 7) is 5.71. The zero-order chi connectivity index (χ0) is 12.2. The van der Waals surface area contributed by atoms with E-state index in [4.69, 9.17) is 0 Å². The van der Waals surface area contributed by atoms with Crippen molar-refractivity contribution in [1.82, 2.24) is 0 Å². The summed E-state index contributed by atoms with van der Waals surface area (Å²) < 4.78 is 0. The van der Waals surface area contributed by atoms with Crippen LogP contribution in [0.15, 0.2) is 30.3 Å². The zero-order valence-corrected chi connectivity index (χ0v) is 9.99. The molecule has 0 aliphatic rings. The normalized spacial score (nSPS) is 14.6. The van der Waals surface area contributed by atoms with E-state index in [-0.39, 0.29) is 0 Å². The van der Waals surface area contributed by atoms with E-state index < -0.39 is 10.8 Å². The molecule has 0 aliphatic heterocycles. The second kappa shape index (κ2) is 4.37. The summed E-state index contributed by atoms with van der Waals surface area (Å²) in [7, 11) is 0. The summed E-state index contributed by atoms with van der Waals surface area (Å²) in [4.78, 5) is 0. The third-order valence-electron chi connectivity index (χ3n) is 3.67. The molecule has 1 aromatic rings. The Morgan fingerprint density at radius 2 is 1.56 bits per heavy atom. The number of hydrogen-bond acceptors (Lipinski definition) is 2. The molecule has 0 spiro atoms. The third kappa shape index (κ3) is 1.68. The number of hydrogen-bond donors (Lipinski definition) is 0. The maximum absolute atomic E-state index is 9.24. The Morgan fingerprint density at radius 1 is 1.06 bits per heavy atom. The molecule has 2 nitrogen and oxygen atoms in total. The summed E-state index contributed by atoms with van der Waals surface area (Å²) in [5.74, 6) is 0. The highest BCUT2D eigenvalue weighted by atomic mass is 14.5. The van der Waals surface area contributed by atoms with E-state index in [2.05, 4.69) is 12.1 Å². The van der Waals surface area contributed by atoms with E-state index >= 15 is 0 Å². The number of rotatable bonds is 3. The highest BCUT2D eigenvalue weighted by Gasteiger charge is 2.45. The summed E-state index contributed by atoms with van der Waals surface area (Å²) >= 11 is 0. The van der Waals surface area contributed by atoms with E-state index in [0.29, 0.717) is 0 Å². The van der Waals surface area contributed by atoms with Gasteiger partial charge in [0.1, 0.15) is 5.41 Å². The predicted molar refractivity (Wildman–Crippen MR) is 63.4 cm³/mol.